The van der Waals surface area contributed by atoms with Crippen LogP contribution in [0.25, 0.3) is 0 Å². The fourth-order valence-electron chi connectivity index (χ4n) is 2.58. The lowest BCUT2D eigenvalue weighted by Crippen LogP contribution is -2.61. The number of hydrogen-bond acceptors (Lipinski definition) is 2. The van der Waals surface area contributed by atoms with Crippen molar-refractivity contribution >= 4 is 0 Å². The number of hydrogen-bond donors (Lipinski definition) is 1. The Balaban J connectivity index is 1.87. The summed E-state index contributed by atoms with van der Waals surface area (Å²) in [7, 11) is 0. The number of alkyl halides is 3. The molecule has 1 N–H and O–H groups in total. The van der Waals surface area contributed by atoms with Gasteiger partial charge in [0.2, 0.25) is 0 Å². The zero-order chi connectivity index (χ0) is 12.6. The van der Waals surface area contributed by atoms with Crippen molar-refractivity contribution in [2.45, 2.75) is 63.3 Å². The molecule has 2 fully saturated rings. The van der Waals surface area contributed by atoms with Gasteiger partial charge in [-0.25, -0.2) is 13.2 Å². The fraction of sp³-hybridized carbons (Fsp3) is 1.00. The molecule has 1 unspecified atom stereocenters. The first-order valence-electron chi connectivity index (χ1n) is 6.40. The van der Waals surface area contributed by atoms with Gasteiger partial charge in [-0.2, -0.15) is 0 Å². The summed E-state index contributed by atoms with van der Waals surface area (Å²) in [6.45, 7) is 4.37. The van der Waals surface area contributed by atoms with E-state index in [9.17, 15) is 13.2 Å². The van der Waals surface area contributed by atoms with E-state index in [0.29, 0.717) is 25.8 Å². The van der Waals surface area contributed by atoms with Crippen LogP contribution < -0.4 is 5.32 Å². The van der Waals surface area contributed by atoms with Crippen LogP contribution in [0.1, 0.15) is 33.1 Å². The summed E-state index contributed by atoms with van der Waals surface area (Å²) in [4.78, 5) is 1.80. The molecule has 1 saturated heterocycles. The van der Waals surface area contributed by atoms with Gasteiger partial charge >= 0.3 is 0 Å². The van der Waals surface area contributed by atoms with Crippen molar-refractivity contribution in [2.75, 3.05) is 13.1 Å². The summed E-state index contributed by atoms with van der Waals surface area (Å²) < 4.78 is 40.4. The molecule has 1 aliphatic carbocycles. The van der Waals surface area contributed by atoms with Crippen molar-refractivity contribution in [1.82, 2.24) is 10.2 Å². The van der Waals surface area contributed by atoms with Gasteiger partial charge in [-0.05, 0) is 33.1 Å². The number of piperidine rings is 1. The molecule has 1 atom stereocenters. The third-order valence-electron chi connectivity index (χ3n) is 3.88. The first-order valence-corrected chi connectivity index (χ1v) is 6.40. The topological polar surface area (TPSA) is 15.3 Å². The van der Waals surface area contributed by atoms with E-state index < -0.39 is 18.1 Å². The molecule has 1 saturated carbocycles. The number of nitrogens with one attached hydrogen (secondary N) is 1. The molecular formula is C12H21F3N2. The summed E-state index contributed by atoms with van der Waals surface area (Å²) in [5, 5.41) is 2.92. The Morgan fingerprint density at radius 1 is 1.29 bits per heavy atom. The van der Waals surface area contributed by atoms with Gasteiger partial charge in [0, 0.05) is 18.6 Å². The van der Waals surface area contributed by atoms with Gasteiger partial charge < -0.3 is 5.32 Å². The number of halogens is 3. The Kier molecular flexibility index (Phi) is 3.69. The maximum atomic E-state index is 13.9. The second kappa shape index (κ2) is 4.76. The quantitative estimate of drug-likeness (QED) is 0.826. The molecule has 17 heavy (non-hydrogen) atoms. The Morgan fingerprint density at radius 2 is 1.94 bits per heavy atom. The highest BCUT2D eigenvalue weighted by atomic mass is 19.3. The highest BCUT2D eigenvalue weighted by Crippen LogP contribution is 2.31. The van der Waals surface area contributed by atoms with E-state index >= 15 is 0 Å². The van der Waals surface area contributed by atoms with E-state index in [-0.39, 0.29) is 18.6 Å². The molecule has 0 spiro atoms. The van der Waals surface area contributed by atoms with Crippen LogP contribution in [0.4, 0.5) is 13.2 Å². The smallest absolute Gasteiger partial charge is 0.275 e. The number of nitrogens with zero attached hydrogens (tertiary/aromatic N) is 1. The molecule has 2 rings (SSSR count). The molecule has 0 aromatic rings. The van der Waals surface area contributed by atoms with Gasteiger partial charge in [0.05, 0.1) is 12.6 Å². The predicted octanol–water partition coefficient (Wildman–Crippen LogP) is 2.19. The number of rotatable bonds is 3. The molecular weight excluding hydrogens is 229 g/mol. The Hall–Kier alpha value is -0.290. The van der Waals surface area contributed by atoms with Gasteiger partial charge in [-0.1, -0.05) is 0 Å². The van der Waals surface area contributed by atoms with Crippen molar-refractivity contribution in [3.63, 3.8) is 0 Å². The van der Waals surface area contributed by atoms with Crippen molar-refractivity contribution in [3.05, 3.63) is 0 Å². The molecule has 0 aromatic heterocycles. The second-order valence-corrected chi connectivity index (χ2v) is 5.60. The second-order valence-electron chi connectivity index (χ2n) is 5.60. The third kappa shape index (κ3) is 2.94. The van der Waals surface area contributed by atoms with Crippen molar-refractivity contribution in [3.8, 4) is 0 Å². The normalized spacial score (nSPS) is 38.1. The Labute approximate surface area is 101 Å². The SMILES string of the molecule is CC(C)N1CCC(NC2CC(F)C2)C(F)(F)C1. The molecule has 0 radical (unpaired) electrons. The van der Waals surface area contributed by atoms with Crippen molar-refractivity contribution in [2.24, 2.45) is 0 Å². The predicted molar refractivity (Wildman–Crippen MR) is 61.1 cm³/mol. The lowest BCUT2D eigenvalue weighted by atomic mass is 9.88. The molecule has 0 aromatic carbocycles. The fourth-order valence-corrected chi connectivity index (χ4v) is 2.58. The van der Waals surface area contributed by atoms with E-state index in [4.69, 9.17) is 0 Å². The first kappa shape index (κ1) is 13.1. The minimum atomic E-state index is -2.70. The molecule has 0 bridgehead atoms. The zero-order valence-electron chi connectivity index (χ0n) is 10.4. The Morgan fingerprint density at radius 3 is 2.41 bits per heavy atom. The third-order valence-corrected chi connectivity index (χ3v) is 3.88. The largest absolute Gasteiger partial charge is 0.306 e. The summed E-state index contributed by atoms with van der Waals surface area (Å²) in [6, 6.07) is -0.678. The van der Waals surface area contributed by atoms with Crippen LogP contribution >= 0.6 is 0 Å². The molecule has 100 valence electrons. The van der Waals surface area contributed by atoms with Crippen LogP contribution in [0, 0.1) is 0 Å². The first-order chi connectivity index (χ1) is 7.88. The standard InChI is InChI=1S/C12H21F3N2/c1-8(2)17-4-3-11(12(14,15)7-17)16-10-5-9(13)6-10/h8-11,16H,3-7H2,1-2H3. The van der Waals surface area contributed by atoms with E-state index in [1.54, 1.807) is 4.90 Å². The molecule has 2 aliphatic rings. The van der Waals surface area contributed by atoms with Crippen molar-refractivity contribution in [1.29, 1.82) is 0 Å². The van der Waals surface area contributed by atoms with Gasteiger partial charge in [0.25, 0.3) is 5.92 Å². The minimum absolute atomic E-state index is 0.0496. The number of likely N-dealkylation sites (tertiary alicyclic amines) is 1. The molecule has 1 heterocycles. The molecule has 1 aliphatic heterocycles. The van der Waals surface area contributed by atoms with E-state index in [1.807, 2.05) is 13.8 Å². The van der Waals surface area contributed by atoms with Gasteiger partial charge in [-0.3, -0.25) is 4.90 Å². The summed E-state index contributed by atoms with van der Waals surface area (Å²) in [5.74, 6) is -2.70. The Bertz CT molecular complexity index is 264. The zero-order valence-corrected chi connectivity index (χ0v) is 10.4. The van der Waals surface area contributed by atoms with E-state index in [1.165, 1.54) is 0 Å². The molecule has 2 nitrogen and oxygen atoms in total. The lowest BCUT2D eigenvalue weighted by molar-refractivity contribution is -0.103. The average molecular weight is 250 g/mol. The highest BCUT2D eigenvalue weighted by Gasteiger charge is 2.46. The van der Waals surface area contributed by atoms with Crippen LogP contribution in [0.3, 0.4) is 0 Å². The highest BCUT2D eigenvalue weighted by molar-refractivity contribution is 4.96. The maximum Gasteiger partial charge on any atom is 0.275 e. The van der Waals surface area contributed by atoms with Crippen LogP contribution in [-0.2, 0) is 0 Å². The van der Waals surface area contributed by atoms with Crippen LogP contribution in [-0.4, -0.2) is 48.2 Å². The molecule has 5 heteroatoms. The van der Waals surface area contributed by atoms with Crippen LogP contribution in [0.15, 0.2) is 0 Å². The molecule has 0 amide bonds. The summed E-state index contributed by atoms with van der Waals surface area (Å²) in [6.07, 6.45) is 0.427. The maximum absolute atomic E-state index is 13.9. The van der Waals surface area contributed by atoms with Crippen LogP contribution in [0.5, 0.6) is 0 Å². The monoisotopic (exact) mass is 250 g/mol. The minimum Gasteiger partial charge on any atom is -0.306 e. The van der Waals surface area contributed by atoms with Crippen LogP contribution in [0.2, 0.25) is 0 Å². The van der Waals surface area contributed by atoms with Crippen molar-refractivity contribution < 1.29 is 13.2 Å². The van der Waals surface area contributed by atoms with E-state index in [2.05, 4.69) is 5.32 Å². The summed E-state index contributed by atoms with van der Waals surface area (Å²) >= 11 is 0. The van der Waals surface area contributed by atoms with Gasteiger partial charge in [0.15, 0.2) is 0 Å². The van der Waals surface area contributed by atoms with Gasteiger partial charge in [0.1, 0.15) is 6.17 Å². The van der Waals surface area contributed by atoms with Gasteiger partial charge in [-0.15, -0.1) is 0 Å². The lowest BCUT2D eigenvalue weighted by Gasteiger charge is -2.43. The average Bonchev–Trinajstić information content (AvgIpc) is 2.17. The van der Waals surface area contributed by atoms with E-state index in [0.717, 1.165) is 0 Å². The summed E-state index contributed by atoms with van der Waals surface area (Å²) in [5.41, 5.74) is 0.